The quantitative estimate of drug-likeness (QED) is 0.729. The van der Waals surface area contributed by atoms with Crippen LogP contribution in [0.1, 0.15) is 70.3 Å². The largest absolute Gasteiger partial charge is 0.463 e. The zero-order valence-electron chi connectivity index (χ0n) is 19.2. The van der Waals surface area contributed by atoms with Crippen molar-refractivity contribution in [1.29, 1.82) is 0 Å². The maximum atomic E-state index is 13.7. The summed E-state index contributed by atoms with van der Waals surface area (Å²) < 4.78 is 7.56. The normalized spacial score (nSPS) is 26.2. The first-order chi connectivity index (χ1) is 14.8. The molecule has 0 aromatic carbocycles. The van der Waals surface area contributed by atoms with E-state index >= 15 is 0 Å². The van der Waals surface area contributed by atoms with E-state index in [1.54, 1.807) is 11.2 Å². The molecule has 31 heavy (non-hydrogen) atoms. The van der Waals surface area contributed by atoms with Crippen LogP contribution in [0.25, 0.3) is 11.5 Å². The molecule has 2 aliphatic rings. The summed E-state index contributed by atoms with van der Waals surface area (Å²) in [7, 11) is 0. The van der Waals surface area contributed by atoms with Gasteiger partial charge in [0.15, 0.2) is 0 Å². The summed E-state index contributed by atoms with van der Waals surface area (Å²) in [5.41, 5.74) is 0.504. The fraction of sp³-hybridized carbons (Fsp3) is 0.600. The van der Waals surface area contributed by atoms with E-state index in [1.807, 2.05) is 35.8 Å². The summed E-state index contributed by atoms with van der Waals surface area (Å²) in [6.07, 6.45) is 7.01. The Morgan fingerprint density at radius 2 is 1.97 bits per heavy atom. The van der Waals surface area contributed by atoms with E-state index in [-0.39, 0.29) is 17.9 Å². The second kappa shape index (κ2) is 8.56. The Balaban J connectivity index is 1.68. The molecule has 0 saturated heterocycles. The zero-order valence-corrected chi connectivity index (χ0v) is 19.2. The minimum Gasteiger partial charge on any atom is -0.463 e. The van der Waals surface area contributed by atoms with E-state index in [0.717, 1.165) is 31.4 Å². The van der Waals surface area contributed by atoms with Crippen LogP contribution in [0, 0.1) is 11.8 Å². The average Bonchev–Trinajstić information content (AvgIpc) is 3.38. The Bertz CT molecular complexity index is 930. The maximum absolute atomic E-state index is 13.7. The van der Waals surface area contributed by atoms with Gasteiger partial charge in [-0.1, -0.05) is 33.6 Å². The number of carbonyl (C=O) groups excluding carboxylic acids is 2. The van der Waals surface area contributed by atoms with Crippen molar-refractivity contribution < 1.29 is 14.0 Å². The molecule has 1 aliphatic heterocycles. The molecule has 0 spiro atoms. The van der Waals surface area contributed by atoms with Crippen molar-refractivity contribution in [3.05, 3.63) is 36.2 Å². The molecule has 1 N–H and O–H groups in total. The van der Waals surface area contributed by atoms with Gasteiger partial charge in [0.05, 0.1) is 18.5 Å². The number of nitrogens with one attached hydrogen (secondary N) is 1. The van der Waals surface area contributed by atoms with Crippen LogP contribution in [-0.2, 0) is 11.3 Å². The van der Waals surface area contributed by atoms with Gasteiger partial charge < -0.3 is 19.2 Å². The van der Waals surface area contributed by atoms with Gasteiger partial charge in [-0.3, -0.25) is 9.59 Å². The van der Waals surface area contributed by atoms with Gasteiger partial charge >= 0.3 is 0 Å². The third-order valence-electron chi connectivity index (χ3n) is 7.13. The molecule has 3 atom stereocenters. The van der Waals surface area contributed by atoms with Crippen molar-refractivity contribution in [2.75, 3.05) is 6.54 Å². The van der Waals surface area contributed by atoms with Gasteiger partial charge in [0.2, 0.25) is 5.91 Å². The van der Waals surface area contributed by atoms with Crippen LogP contribution in [0.15, 0.2) is 34.9 Å². The van der Waals surface area contributed by atoms with Crippen LogP contribution in [-0.4, -0.2) is 39.4 Å². The third-order valence-corrected chi connectivity index (χ3v) is 7.13. The molecule has 6 heteroatoms. The Morgan fingerprint density at radius 1 is 1.23 bits per heavy atom. The lowest BCUT2D eigenvalue weighted by molar-refractivity contribution is -0.134. The number of hydrogen-bond acceptors (Lipinski definition) is 3. The molecule has 1 aliphatic carbocycles. The minimum atomic E-state index is -0.948. The molecule has 2 aromatic heterocycles. The SMILES string of the molecule is CC(C)CCN1C(=O)c2ccc(-c3ccco3)n2C[C@]1(C)C(=O)N[C@@H]1CCCC[C@H]1C. The minimum absolute atomic E-state index is 0.0481. The van der Waals surface area contributed by atoms with Gasteiger partial charge in [0.25, 0.3) is 5.91 Å². The van der Waals surface area contributed by atoms with Crippen molar-refractivity contribution >= 4 is 11.8 Å². The van der Waals surface area contributed by atoms with E-state index in [2.05, 4.69) is 26.1 Å². The van der Waals surface area contributed by atoms with Crippen molar-refractivity contribution in [3.63, 3.8) is 0 Å². The Kier molecular flexibility index (Phi) is 6.00. The van der Waals surface area contributed by atoms with Crippen LogP contribution in [0.4, 0.5) is 0 Å². The second-order valence-corrected chi connectivity index (χ2v) is 9.92. The molecular formula is C25H35N3O3. The standard InChI is InChI=1S/C25H35N3O3/c1-17(2)13-14-28-23(29)21-12-11-20(22-10-7-15-31-22)27(21)16-25(28,4)24(30)26-19-9-6-5-8-18(19)3/h7,10-12,15,17-19H,5-6,8-9,13-14,16H2,1-4H3,(H,26,30)/t18-,19-,25-/m1/s1. The highest BCUT2D eigenvalue weighted by molar-refractivity contribution is 6.00. The van der Waals surface area contributed by atoms with E-state index in [9.17, 15) is 9.59 Å². The summed E-state index contributed by atoms with van der Waals surface area (Å²) in [6, 6.07) is 7.67. The van der Waals surface area contributed by atoms with E-state index in [1.165, 1.54) is 6.42 Å². The first-order valence-electron chi connectivity index (χ1n) is 11.7. The Hall–Kier alpha value is -2.50. The molecule has 0 bridgehead atoms. The van der Waals surface area contributed by atoms with Crippen molar-refractivity contribution in [1.82, 2.24) is 14.8 Å². The van der Waals surface area contributed by atoms with E-state index in [4.69, 9.17) is 4.42 Å². The van der Waals surface area contributed by atoms with E-state index < -0.39 is 5.54 Å². The molecule has 4 rings (SSSR count). The summed E-state index contributed by atoms with van der Waals surface area (Å²) in [5, 5.41) is 3.32. The highest BCUT2D eigenvalue weighted by Gasteiger charge is 2.48. The number of carbonyl (C=O) groups is 2. The number of nitrogens with zero attached hydrogens (tertiary/aromatic N) is 2. The Labute approximate surface area is 185 Å². The van der Waals surface area contributed by atoms with Crippen LogP contribution in [0.2, 0.25) is 0 Å². The predicted molar refractivity (Wildman–Crippen MR) is 121 cm³/mol. The number of aromatic nitrogens is 1. The maximum Gasteiger partial charge on any atom is 0.271 e. The number of amides is 2. The Morgan fingerprint density at radius 3 is 2.65 bits per heavy atom. The van der Waals surface area contributed by atoms with Gasteiger partial charge in [0, 0.05) is 12.6 Å². The number of rotatable bonds is 6. The zero-order chi connectivity index (χ0) is 22.2. The molecule has 2 aromatic rings. The number of furan rings is 1. The molecule has 2 amide bonds. The monoisotopic (exact) mass is 425 g/mol. The van der Waals surface area contributed by atoms with Crippen molar-refractivity contribution in [3.8, 4) is 11.5 Å². The summed E-state index contributed by atoms with van der Waals surface area (Å²) in [5.74, 6) is 1.49. The van der Waals surface area contributed by atoms with E-state index in [0.29, 0.717) is 36.4 Å². The summed E-state index contributed by atoms with van der Waals surface area (Å²) in [6.45, 7) is 9.42. The summed E-state index contributed by atoms with van der Waals surface area (Å²) in [4.78, 5) is 29.1. The van der Waals surface area contributed by atoms with Gasteiger partial charge in [0.1, 0.15) is 17.0 Å². The highest BCUT2D eigenvalue weighted by atomic mass is 16.3. The lowest BCUT2D eigenvalue weighted by Gasteiger charge is -2.45. The van der Waals surface area contributed by atoms with Crippen LogP contribution in [0.5, 0.6) is 0 Å². The van der Waals surface area contributed by atoms with Crippen LogP contribution in [0.3, 0.4) is 0 Å². The van der Waals surface area contributed by atoms with Crippen molar-refractivity contribution in [2.24, 2.45) is 11.8 Å². The van der Waals surface area contributed by atoms with Crippen LogP contribution < -0.4 is 5.32 Å². The third kappa shape index (κ3) is 4.04. The molecule has 0 unspecified atom stereocenters. The first kappa shape index (κ1) is 21.7. The average molecular weight is 426 g/mol. The number of fused-ring (bicyclic) bond motifs is 1. The molecule has 1 saturated carbocycles. The van der Waals surface area contributed by atoms with Crippen LogP contribution >= 0.6 is 0 Å². The lowest BCUT2D eigenvalue weighted by atomic mass is 9.85. The van der Waals surface area contributed by atoms with Gasteiger partial charge in [-0.15, -0.1) is 0 Å². The lowest BCUT2D eigenvalue weighted by Crippen LogP contribution is -2.65. The summed E-state index contributed by atoms with van der Waals surface area (Å²) >= 11 is 0. The molecule has 6 nitrogen and oxygen atoms in total. The fourth-order valence-electron chi connectivity index (χ4n) is 5.00. The first-order valence-corrected chi connectivity index (χ1v) is 11.7. The second-order valence-electron chi connectivity index (χ2n) is 9.92. The van der Waals surface area contributed by atoms with Crippen molar-refractivity contribution in [2.45, 2.75) is 77.9 Å². The molecule has 3 heterocycles. The topological polar surface area (TPSA) is 67.5 Å². The molecular weight excluding hydrogens is 390 g/mol. The van der Waals surface area contributed by atoms with Gasteiger partial charge in [-0.25, -0.2) is 0 Å². The molecule has 168 valence electrons. The highest BCUT2D eigenvalue weighted by Crippen LogP contribution is 2.34. The fourth-order valence-corrected chi connectivity index (χ4v) is 5.00. The predicted octanol–water partition coefficient (Wildman–Crippen LogP) is 4.70. The molecule has 0 radical (unpaired) electrons. The van der Waals surface area contributed by atoms with Gasteiger partial charge in [-0.05, 0) is 62.3 Å². The molecule has 1 fully saturated rings. The smallest absolute Gasteiger partial charge is 0.271 e. The number of hydrogen-bond donors (Lipinski definition) is 1. The van der Waals surface area contributed by atoms with Gasteiger partial charge in [-0.2, -0.15) is 0 Å².